The summed E-state index contributed by atoms with van der Waals surface area (Å²) in [5, 5.41) is 0. The van der Waals surface area contributed by atoms with Gasteiger partial charge in [0, 0.05) is 16.5 Å². The number of benzene rings is 1. The molecule has 0 aliphatic carbocycles. The molecule has 0 saturated heterocycles. The Morgan fingerprint density at radius 3 is 2.53 bits per heavy atom. The van der Waals surface area contributed by atoms with Crippen LogP contribution in [0.4, 0.5) is 0 Å². The molecular weight excluding hydrogens is 248 g/mol. The van der Waals surface area contributed by atoms with Gasteiger partial charge in [-0.05, 0) is 42.5 Å². The second kappa shape index (κ2) is 7.16. The van der Waals surface area contributed by atoms with Crippen molar-refractivity contribution in [2.75, 3.05) is 0 Å². The van der Waals surface area contributed by atoms with Gasteiger partial charge < -0.3 is 0 Å². The average molecular weight is 261 g/mol. The molecule has 15 heavy (non-hydrogen) atoms. The van der Waals surface area contributed by atoms with Gasteiger partial charge in [-0.1, -0.05) is 41.1 Å². The number of unbranched alkanes of at least 4 members (excludes halogenated alkanes) is 2. The molecule has 1 aromatic rings. The maximum absolute atomic E-state index is 3.38. The molecule has 0 nitrogen and oxygen atoms in total. The lowest BCUT2D eigenvalue weighted by Crippen LogP contribution is -1.71. The van der Waals surface area contributed by atoms with Crippen molar-refractivity contribution in [3.63, 3.8) is 0 Å². The third-order valence-electron chi connectivity index (χ3n) is 1.86. The minimum absolute atomic E-state index is 0.950. The van der Waals surface area contributed by atoms with Gasteiger partial charge in [-0.2, -0.15) is 0 Å². The van der Waals surface area contributed by atoms with Crippen LogP contribution in [0, 0.1) is 23.7 Å². The predicted molar refractivity (Wildman–Crippen MR) is 68.3 cm³/mol. The Kier molecular flexibility index (Phi) is 5.67. The van der Waals surface area contributed by atoms with Crippen LogP contribution in [-0.4, -0.2) is 0 Å². The normalized spacial score (nSPS) is 8.40. The molecule has 0 bridgehead atoms. The second-order valence-electron chi connectivity index (χ2n) is 3.16. The van der Waals surface area contributed by atoms with E-state index in [9.17, 15) is 0 Å². The van der Waals surface area contributed by atoms with E-state index in [0.29, 0.717) is 0 Å². The summed E-state index contributed by atoms with van der Waals surface area (Å²) in [6.07, 6.45) is 3.30. The molecule has 0 aromatic heterocycles. The Labute approximate surface area is 100 Å². The van der Waals surface area contributed by atoms with Crippen LogP contribution < -0.4 is 0 Å². The largest absolute Gasteiger partial charge is 0.0891 e. The van der Waals surface area contributed by atoms with E-state index in [2.05, 4.69) is 46.5 Å². The van der Waals surface area contributed by atoms with Crippen molar-refractivity contribution in [3.05, 3.63) is 34.3 Å². The summed E-state index contributed by atoms with van der Waals surface area (Å²) in [5.74, 6) is 11.8. The molecule has 1 aromatic carbocycles. The lowest BCUT2D eigenvalue weighted by atomic mass is 10.2. The number of hydrogen-bond donors (Lipinski definition) is 0. The molecule has 0 saturated carbocycles. The summed E-state index contributed by atoms with van der Waals surface area (Å²) in [4.78, 5) is 0. The van der Waals surface area contributed by atoms with E-state index in [-0.39, 0.29) is 0 Å². The smallest absolute Gasteiger partial charge is 0.0256 e. The standard InChI is InChI=1S/C14H13Br/c1-2-3-4-5-6-7-8-13-9-11-14(15)12-10-13/h9-12H,2-4H2,1H3. The second-order valence-corrected chi connectivity index (χ2v) is 4.08. The van der Waals surface area contributed by atoms with Crippen LogP contribution in [-0.2, 0) is 0 Å². The van der Waals surface area contributed by atoms with Crippen molar-refractivity contribution in [1.29, 1.82) is 0 Å². The third kappa shape index (κ3) is 5.31. The molecule has 0 unspecified atom stereocenters. The van der Waals surface area contributed by atoms with Crippen LogP contribution in [0.15, 0.2) is 28.7 Å². The zero-order valence-electron chi connectivity index (χ0n) is 8.81. The van der Waals surface area contributed by atoms with E-state index >= 15 is 0 Å². The van der Waals surface area contributed by atoms with Gasteiger partial charge >= 0.3 is 0 Å². The summed E-state index contributed by atoms with van der Waals surface area (Å²) in [6.45, 7) is 2.16. The molecular formula is C14H13Br. The van der Waals surface area contributed by atoms with Crippen LogP contribution in [0.1, 0.15) is 31.7 Å². The molecule has 0 aliphatic heterocycles. The summed E-state index contributed by atoms with van der Waals surface area (Å²) in [7, 11) is 0. The van der Waals surface area contributed by atoms with Crippen molar-refractivity contribution in [2.24, 2.45) is 0 Å². The predicted octanol–water partition coefficient (Wildman–Crippen LogP) is 3.99. The Morgan fingerprint density at radius 1 is 1.13 bits per heavy atom. The lowest BCUT2D eigenvalue weighted by Gasteiger charge is -1.88. The zero-order valence-corrected chi connectivity index (χ0v) is 10.4. The fraction of sp³-hybridized carbons (Fsp3) is 0.286. The first-order chi connectivity index (χ1) is 7.33. The van der Waals surface area contributed by atoms with Crippen LogP contribution in [0.2, 0.25) is 0 Å². The first-order valence-corrected chi connectivity index (χ1v) is 5.86. The molecule has 0 aliphatic rings. The van der Waals surface area contributed by atoms with Crippen molar-refractivity contribution in [1.82, 2.24) is 0 Å². The highest BCUT2D eigenvalue weighted by Gasteiger charge is 1.85. The van der Waals surface area contributed by atoms with E-state index in [1.807, 2.05) is 24.3 Å². The number of hydrogen-bond acceptors (Lipinski definition) is 0. The van der Waals surface area contributed by atoms with Crippen LogP contribution in [0.5, 0.6) is 0 Å². The molecule has 0 N–H and O–H groups in total. The molecule has 0 atom stereocenters. The monoisotopic (exact) mass is 260 g/mol. The summed E-state index contributed by atoms with van der Waals surface area (Å²) in [6, 6.07) is 7.92. The number of rotatable bonds is 2. The maximum atomic E-state index is 3.38. The van der Waals surface area contributed by atoms with Gasteiger partial charge in [-0.25, -0.2) is 0 Å². The van der Waals surface area contributed by atoms with E-state index in [1.165, 1.54) is 6.42 Å². The van der Waals surface area contributed by atoms with Crippen LogP contribution in [0.25, 0.3) is 0 Å². The minimum atomic E-state index is 0.950. The SMILES string of the molecule is CCCCC#CC#Cc1ccc(Br)cc1. The van der Waals surface area contributed by atoms with E-state index < -0.39 is 0 Å². The molecule has 0 radical (unpaired) electrons. The minimum Gasteiger partial charge on any atom is -0.0891 e. The van der Waals surface area contributed by atoms with Gasteiger partial charge in [0.25, 0.3) is 0 Å². The Bertz CT molecular complexity index is 407. The zero-order chi connectivity index (χ0) is 10.9. The maximum Gasteiger partial charge on any atom is 0.0256 e. The van der Waals surface area contributed by atoms with Crippen LogP contribution >= 0.6 is 15.9 Å². The van der Waals surface area contributed by atoms with Gasteiger partial charge in [0.1, 0.15) is 0 Å². The fourth-order valence-corrected chi connectivity index (χ4v) is 1.27. The molecule has 1 heteroatoms. The molecule has 0 spiro atoms. The van der Waals surface area contributed by atoms with Gasteiger partial charge in [-0.3, -0.25) is 0 Å². The Hall–Kier alpha value is -1.18. The van der Waals surface area contributed by atoms with Crippen molar-refractivity contribution >= 4 is 15.9 Å². The molecule has 1 rings (SSSR count). The summed E-state index contributed by atoms with van der Waals surface area (Å²) in [5.41, 5.74) is 1.00. The highest BCUT2D eigenvalue weighted by atomic mass is 79.9. The topological polar surface area (TPSA) is 0 Å². The van der Waals surface area contributed by atoms with Crippen molar-refractivity contribution < 1.29 is 0 Å². The first-order valence-electron chi connectivity index (χ1n) is 5.07. The van der Waals surface area contributed by atoms with Crippen molar-refractivity contribution in [2.45, 2.75) is 26.2 Å². The quantitative estimate of drug-likeness (QED) is 0.557. The van der Waals surface area contributed by atoms with E-state index in [1.54, 1.807) is 0 Å². The average Bonchev–Trinajstić information content (AvgIpc) is 2.26. The van der Waals surface area contributed by atoms with Gasteiger partial charge in [0.2, 0.25) is 0 Å². The third-order valence-corrected chi connectivity index (χ3v) is 2.39. The molecule has 76 valence electrons. The fourth-order valence-electron chi connectivity index (χ4n) is 1.01. The van der Waals surface area contributed by atoms with Gasteiger partial charge in [0.15, 0.2) is 0 Å². The summed E-state index contributed by atoms with van der Waals surface area (Å²) >= 11 is 3.38. The molecule has 0 amide bonds. The van der Waals surface area contributed by atoms with Gasteiger partial charge in [0.05, 0.1) is 0 Å². The highest BCUT2D eigenvalue weighted by Crippen LogP contribution is 2.09. The Morgan fingerprint density at radius 2 is 1.87 bits per heavy atom. The molecule has 0 heterocycles. The van der Waals surface area contributed by atoms with Crippen LogP contribution in [0.3, 0.4) is 0 Å². The van der Waals surface area contributed by atoms with Gasteiger partial charge in [-0.15, -0.1) is 0 Å². The Balaban J connectivity index is 2.50. The van der Waals surface area contributed by atoms with E-state index in [0.717, 1.165) is 22.9 Å². The van der Waals surface area contributed by atoms with Crippen molar-refractivity contribution in [3.8, 4) is 23.7 Å². The lowest BCUT2D eigenvalue weighted by molar-refractivity contribution is 0.828. The first kappa shape index (κ1) is 11.9. The highest BCUT2D eigenvalue weighted by molar-refractivity contribution is 9.10. The van der Waals surface area contributed by atoms with E-state index in [4.69, 9.17) is 0 Å². The molecule has 0 fully saturated rings. The number of halogens is 1. The summed E-state index contributed by atoms with van der Waals surface area (Å²) < 4.78 is 1.07.